The summed E-state index contributed by atoms with van der Waals surface area (Å²) >= 11 is 6.32. The highest BCUT2D eigenvalue weighted by atomic mass is 35.5. The molecule has 3 aromatic carbocycles. The predicted molar refractivity (Wildman–Crippen MR) is 120 cm³/mol. The lowest BCUT2D eigenvalue weighted by atomic mass is 10.0. The van der Waals surface area contributed by atoms with Gasteiger partial charge in [-0.25, -0.2) is 15.0 Å². The van der Waals surface area contributed by atoms with Gasteiger partial charge < -0.3 is 4.42 Å². The fraction of sp³-hybridized carbons (Fsp3) is 0. The van der Waals surface area contributed by atoms with Gasteiger partial charge in [-0.2, -0.15) is 0 Å². The van der Waals surface area contributed by atoms with E-state index >= 15 is 0 Å². The number of nitrogens with zero attached hydrogens (tertiary/aromatic N) is 3. The number of benzene rings is 3. The molecule has 0 fully saturated rings. The van der Waals surface area contributed by atoms with Crippen LogP contribution in [-0.4, -0.2) is 15.0 Å². The minimum atomic E-state index is 0.179. The zero-order chi connectivity index (χ0) is 20.1. The van der Waals surface area contributed by atoms with Crippen LogP contribution < -0.4 is 0 Å². The third-order valence-electron chi connectivity index (χ3n) is 5.27. The maximum atomic E-state index is 6.32. The monoisotopic (exact) mass is 407 g/mol. The number of hydrogen-bond donors (Lipinski definition) is 0. The quantitative estimate of drug-likeness (QED) is 0.292. The Kier molecular flexibility index (Phi) is 3.79. The molecular weight excluding hydrogens is 394 g/mol. The van der Waals surface area contributed by atoms with Gasteiger partial charge in [0.1, 0.15) is 11.2 Å². The summed E-state index contributed by atoms with van der Waals surface area (Å²) in [5.74, 6) is 0. The number of pyridine rings is 1. The number of rotatable bonds is 2. The molecule has 0 bridgehead atoms. The molecule has 6 aromatic rings. The lowest BCUT2D eigenvalue weighted by Gasteiger charge is -2.04. The van der Waals surface area contributed by atoms with Crippen molar-refractivity contribution in [2.45, 2.75) is 0 Å². The maximum absolute atomic E-state index is 6.32. The number of halogens is 1. The van der Waals surface area contributed by atoms with Crippen LogP contribution in [0.5, 0.6) is 0 Å². The van der Waals surface area contributed by atoms with Crippen molar-refractivity contribution in [2.24, 2.45) is 0 Å². The average Bonchev–Trinajstić information content (AvgIpc) is 3.16. The molecule has 30 heavy (non-hydrogen) atoms. The van der Waals surface area contributed by atoms with Gasteiger partial charge in [0.15, 0.2) is 5.58 Å². The Labute approximate surface area is 176 Å². The smallest absolute Gasteiger partial charge is 0.229 e. The number of aromatic nitrogens is 3. The summed E-state index contributed by atoms with van der Waals surface area (Å²) in [6.45, 7) is 0. The van der Waals surface area contributed by atoms with E-state index in [4.69, 9.17) is 16.0 Å². The minimum Gasteiger partial charge on any atom is -0.434 e. The summed E-state index contributed by atoms with van der Waals surface area (Å²) < 4.78 is 6.10. The standard InChI is InChI=1S/C25H14ClN3O/c26-25-28-21(18-11-10-16-8-4-5-9-17(16)12-18)23-22(29-25)20-13-19(14-27-24(20)30-23)15-6-2-1-3-7-15/h1-14H. The summed E-state index contributed by atoms with van der Waals surface area (Å²) in [7, 11) is 0. The van der Waals surface area contributed by atoms with Crippen LogP contribution in [0.3, 0.4) is 0 Å². The third kappa shape index (κ3) is 2.73. The molecule has 5 heteroatoms. The Bertz CT molecular complexity index is 1560. The van der Waals surface area contributed by atoms with E-state index in [2.05, 4.69) is 39.2 Å². The zero-order valence-corrected chi connectivity index (χ0v) is 16.5. The number of fused-ring (bicyclic) bond motifs is 4. The largest absolute Gasteiger partial charge is 0.434 e. The molecule has 0 atom stereocenters. The first-order valence-corrected chi connectivity index (χ1v) is 9.94. The van der Waals surface area contributed by atoms with Gasteiger partial charge in [-0.15, -0.1) is 0 Å². The highest BCUT2D eigenvalue weighted by Crippen LogP contribution is 2.36. The van der Waals surface area contributed by atoms with Crippen molar-refractivity contribution < 1.29 is 4.42 Å². The van der Waals surface area contributed by atoms with Gasteiger partial charge >= 0.3 is 0 Å². The predicted octanol–water partition coefficient (Wildman–Crippen LogP) is 6.91. The molecule has 4 nitrogen and oxygen atoms in total. The van der Waals surface area contributed by atoms with E-state index in [0.717, 1.165) is 32.8 Å². The molecule has 3 aromatic heterocycles. The molecule has 0 N–H and O–H groups in total. The topological polar surface area (TPSA) is 51.8 Å². The first-order valence-electron chi connectivity index (χ1n) is 9.57. The van der Waals surface area contributed by atoms with E-state index < -0.39 is 0 Å². The molecule has 0 amide bonds. The normalized spacial score (nSPS) is 11.5. The molecule has 0 spiro atoms. The SMILES string of the molecule is Clc1nc(-c2ccc3ccccc3c2)c2oc3ncc(-c4ccccc4)cc3c2n1. The Balaban J connectivity index is 1.61. The fourth-order valence-electron chi connectivity index (χ4n) is 3.82. The Hall–Kier alpha value is -3.76. The van der Waals surface area contributed by atoms with E-state index in [0.29, 0.717) is 22.5 Å². The Morgan fingerprint density at radius 2 is 1.50 bits per heavy atom. The molecule has 0 saturated heterocycles. The van der Waals surface area contributed by atoms with Crippen molar-refractivity contribution in [1.29, 1.82) is 0 Å². The van der Waals surface area contributed by atoms with Gasteiger partial charge in [-0.1, -0.05) is 66.7 Å². The summed E-state index contributed by atoms with van der Waals surface area (Å²) in [6, 6.07) is 26.5. The highest BCUT2D eigenvalue weighted by molar-refractivity contribution is 6.29. The first kappa shape index (κ1) is 17.1. The van der Waals surface area contributed by atoms with Crippen LogP contribution in [0.2, 0.25) is 5.28 Å². The summed E-state index contributed by atoms with van der Waals surface area (Å²) in [4.78, 5) is 13.5. The molecule has 0 saturated carbocycles. The minimum absolute atomic E-state index is 0.179. The molecule has 3 heterocycles. The van der Waals surface area contributed by atoms with Crippen molar-refractivity contribution in [3.05, 3.63) is 90.3 Å². The third-order valence-corrected chi connectivity index (χ3v) is 5.44. The van der Waals surface area contributed by atoms with Crippen LogP contribution in [0.4, 0.5) is 0 Å². The fourth-order valence-corrected chi connectivity index (χ4v) is 3.99. The van der Waals surface area contributed by atoms with E-state index in [9.17, 15) is 0 Å². The second kappa shape index (κ2) is 6.65. The van der Waals surface area contributed by atoms with Crippen molar-refractivity contribution in [2.75, 3.05) is 0 Å². The van der Waals surface area contributed by atoms with Gasteiger partial charge in [-0.05, 0) is 40.1 Å². The van der Waals surface area contributed by atoms with Gasteiger partial charge in [0.05, 0.1) is 5.39 Å². The lowest BCUT2D eigenvalue weighted by molar-refractivity contribution is 0.652. The second-order valence-corrected chi connectivity index (χ2v) is 7.46. The van der Waals surface area contributed by atoms with Crippen LogP contribution in [0, 0.1) is 0 Å². The molecule has 0 aliphatic heterocycles. The van der Waals surface area contributed by atoms with Crippen LogP contribution >= 0.6 is 11.6 Å². The van der Waals surface area contributed by atoms with E-state index in [1.165, 1.54) is 0 Å². The summed E-state index contributed by atoms with van der Waals surface area (Å²) in [6.07, 6.45) is 1.81. The number of hydrogen-bond acceptors (Lipinski definition) is 4. The van der Waals surface area contributed by atoms with Gasteiger partial charge in [0.25, 0.3) is 0 Å². The number of furan rings is 1. The average molecular weight is 408 g/mol. The second-order valence-electron chi connectivity index (χ2n) is 7.13. The molecule has 0 aliphatic rings. The van der Waals surface area contributed by atoms with Crippen molar-refractivity contribution in [3.63, 3.8) is 0 Å². The molecular formula is C25H14ClN3O. The van der Waals surface area contributed by atoms with Crippen LogP contribution in [0.25, 0.3) is 55.4 Å². The van der Waals surface area contributed by atoms with Crippen molar-refractivity contribution in [3.8, 4) is 22.4 Å². The summed E-state index contributed by atoms with van der Waals surface area (Å²) in [5.41, 5.74) is 5.42. The van der Waals surface area contributed by atoms with Gasteiger partial charge in [0.2, 0.25) is 11.0 Å². The molecule has 6 rings (SSSR count). The van der Waals surface area contributed by atoms with E-state index in [-0.39, 0.29) is 5.28 Å². The van der Waals surface area contributed by atoms with Crippen LogP contribution in [0.15, 0.2) is 89.5 Å². The molecule has 0 unspecified atom stereocenters. The van der Waals surface area contributed by atoms with Gasteiger partial charge in [-0.3, -0.25) is 0 Å². The Morgan fingerprint density at radius 3 is 2.37 bits per heavy atom. The first-order chi connectivity index (χ1) is 14.8. The molecule has 0 aliphatic carbocycles. The maximum Gasteiger partial charge on any atom is 0.229 e. The zero-order valence-electron chi connectivity index (χ0n) is 15.7. The molecule has 0 radical (unpaired) electrons. The van der Waals surface area contributed by atoms with Crippen LogP contribution in [-0.2, 0) is 0 Å². The summed E-state index contributed by atoms with van der Waals surface area (Å²) in [5, 5.41) is 3.28. The van der Waals surface area contributed by atoms with Crippen LogP contribution in [0.1, 0.15) is 0 Å². The Morgan fingerprint density at radius 1 is 0.700 bits per heavy atom. The lowest BCUT2D eigenvalue weighted by Crippen LogP contribution is -1.89. The van der Waals surface area contributed by atoms with Crippen molar-refractivity contribution >= 4 is 44.6 Å². The van der Waals surface area contributed by atoms with E-state index in [1.54, 1.807) is 0 Å². The van der Waals surface area contributed by atoms with Gasteiger partial charge in [0, 0.05) is 17.3 Å². The highest BCUT2D eigenvalue weighted by Gasteiger charge is 2.18. The van der Waals surface area contributed by atoms with Crippen molar-refractivity contribution in [1.82, 2.24) is 15.0 Å². The van der Waals surface area contributed by atoms with E-state index in [1.807, 2.05) is 60.8 Å². The molecule has 142 valence electrons.